The van der Waals surface area contributed by atoms with Crippen LogP contribution in [0.25, 0.3) is 0 Å². The summed E-state index contributed by atoms with van der Waals surface area (Å²) in [6.07, 6.45) is 4.13. The van der Waals surface area contributed by atoms with Gasteiger partial charge in [-0.05, 0) is 43.7 Å². The third-order valence-electron chi connectivity index (χ3n) is 3.75. The highest BCUT2D eigenvalue weighted by Crippen LogP contribution is 2.30. The number of benzene rings is 1. The lowest BCUT2D eigenvalue weighted by atomic mass is 10.1. The molecule has 0 saturated heterocycles. The van der Waals surface area contributed by atoms with E-state index in [2.05, 4.69) is 12.2 Å². The molecule has 2 atom stereocenters. The van der Waals surface area contributed by atoms with Crippen molar-refractivity contribution in [2.75, 3.05) is 11.1 Å². The van der Waals surface area contributed by atoms with Gasteiger partial charge in [0.1, 0.15) is 0 Å². The van der Waals surface area contributed by atoms with Gasteiger partial charge in [-0.25, -0.2) is 8.42 Å². The van der Waals surface area contributed by atoms with Crippen LogP contribution in [0.3, 0.4) is 0 Å². The van der Waals surface area contributed by atoms with Crippen LogP contribution < -0.4 is 5.32 Å². The largest absolute Gasteiger partial charge is 0.381 e. The topological polar surface area (TPSA) is 46.2 Å². The summed E-state index contributed by atoms with van der Waals surface area (Å²) in [5.41, 5.74) is 0.773. The zero-order valence-corrected chi connectivity index (χ0v) is 12.5. The van der Waals surface area contributed by atoms with E-state index in [1.807, 2.05) is 19.1 Å². The van der Waals surface area contributed by atoms with Gasteiger partial charge in [-0.2, -0.15) is 0 Å². The van der Waals surface area contributed by atoms with Crippen molar-refractivity contribution in [3.05, 3.63) is 24.3 Å². The fourth-order valence-electron chi connectivity index (χ4n) is 2.79. The van der Waals surface area contributed by atoms with E-state index < -0.39 is 9.84 Å². The molecule has 19 heavy (non-hydrogen) atoms. The molecule has 1 saturated carbocycles. The average Bonchev–Trinajstić information content (AvgIpc) is 2.75. The van der Waals surface area contributed by atoms with Crippen molar-refractivity contribution in [1.82, 2.24) is 0 Å². The van der Waals surface area contributed by atoms with Crippen LogP contribution in [0.5, 0.6) is 0 Å². The van der Waals surface area contributed by atoms with Crippen molar-refractivity contribution in [1.29, 1.82) is 0 Å². The van der Waals surface area contributed by atoms with E-state index >= 15 is 0 Å². The van der Waals surface area contributed by atoms with E-state index in [9.17, 15) is 8.42 Å². The summed E-state index contributed by atoms with van der Waals surface area (Å²) >= 11 is 0. The molecule has 0 radical (unpaired) electrons. The van der Waals surface area contributed by atoms with Gasteiger partial charge < -0.3 is 5.32 Å². The summed E-state index contributed by atoms with van der Waals surface area (Å²) in [6, 6.07) is 7.70. The fraction of sp³-hybridized carbons (Fsp3) is 0.600. The molecule has 0 bridgehead atoms. The van der Waals surface area contributed by atoms with Gasteiger partial charge in [-0.15, -0.1) is 0 Å². The first-order valence-electron chi connectivity index (χ1n) is 7.11. The molecule has 0 heterocycles. The number of nitrogens with one attached hydrogen (secondary N) is 1. The number of anilines is 1. The molecule has 1 aromatic carbocycles. The third kappa shape index (κ3) is 3.50. The minimum Gasteiger partial charge on any atom is -0.381 e. The average molecular weight is 281 g/mol. The Morgan fingerprint density at radius 1 is 1.26 bits per heavy atom. The SMILES string of the molecule is CCCS(=O)(=O)c1ccccc1NC1CCC(C)C1. The molecule has 1 aliphatic rings. The van der Waals surface area contributed by atoms with Crippen LogP contribution in [0.2, 0.25) is 0 Å². The van der Waals surface area contributed by atoms with Crippen LogP contribution in [0.1, 0.15) is 39.5 Å². The van der Waals surface area contributed by atoms with Crippen LogP contribution in [0.15, 0.2) is 29.2 Å². The second-order valence-electron chi connectivity index (χ2n) is 5.57. The highest BCUT2D eigenvalue weighted by atomic mass is 32.2. The predicted octanol–water partition coefficient (Wildman–Crippen LogP) is 3.47. The number of hydrogen-bond donors (Lipinski definition) is 1. The van der Waals surface area contributed by atoms with Crippen molar-refractivity contribution < 1.29 is 8.42 Å². The molecule has 2 rings (SSSR count). The molecule has 3 nitrogen and oxygen atoms in total. The first-order valence-corrected chi connectivity index (χ1v) is 8.76. The van der Waals surface area contributed by atoms with Gasteiger partial charge in [-0.1, -0.05) is 26.0 Å². The molecule has 1 aliphatic carbocycles. The summed E-state index contributed by atoms with van der Waals surface area (Å²) in [5.74, 6) is 0.948. The van der Waals surface area contributed by atoms with Crippen LogP contribution in [0.4, 0.5) is 5.69 Å². The first kappa shape index (κ1) is 14.4. The summed E-state index contributed by atoms with van der Waals surface area (Å²) in [4.78, 5) is 0.455. The van der Waals surface area contributed by atoms with Gasteiger partial charge in [0.05, 0.1) is 16.3 Å². The van der Waals surface area contributed by atoms with Gasteiger partial charge in [0.2, 0.25) is 0 Å². The maximum Gasteiger partial charge on any atom is 0.180 e. The lowest BCUT2D eigenvalue weighted by Gasteiger charge is -2.17. The molecule has 4 heteroatoms. The molecule has 0 aliphatic heterocycles. The van der Waals surface area contributed by atoms with Gasteiger partial charge in [0.15, 0.2) is 9.84 Å². The number of sulfone groups is 1. The molecule has 0 spiro atoms. The van der Waals surface area contributed by atoms with Gasteiger partial charge in [0.25, 0.3) is 0 Å². The number of rotatable bonds is 5. The monoisotopic (exact) mass is 281 g/mol. The second kappa shape index (κ2) is 5.95. The summed E-state index contributed by atoms with van der Waals surface area (Å²) < 4.78 is 24.5. The Kier molecular flexibility index (Phi) is 4.50. The Morgan fingerprint density at radius 2 is 2.00 bits per heavy atom. The Bertz CT molecular complexity index is 525. The molecule has 1 fully saturated rings. The Morgan fingerprint density at radius 3 is 2.63 bits per heavy atom. The summed E-state index contributed by atoms with van der Waals surface area (Å²) in [6.45, 7) is 4.15. The van der Waals surface area contributed by atoms with Crippen LogP contribution in [0, 0.1) is 5.92 Å². The first-order chi connectivity index (χ1) is 9.03. The summed E-state index contributed by atoms with van der Waals surface area (Å²) in [7, 11) is -3.16. The zero-order chi connectivity index (χ0) is 13.9. The highest BCUT2D eigenvalue weighted by Gasteiger charge is 2.24. The fourth-order valence-corrected chi connectivity index (χ4v) is 4.30. The van der Waals surface area contributed by atoms with Crippen molar-refractivity contribution >= 4 is 15.5 Å². The molecular formula is C15H23NO2S. The molecule has 0 aromatic heterocycles. The summed E-state index contributed by atoms with van der Waals surface area (Å²) in [5, 5.41) is 3.43. The maximum absolute atomic E-state index is 12.3. The highest BCUT2D eigenvalue weighted by molar-refractivity contribution is 7.91. The van der Waals surface area contributed by atoms with Gasteiger partial charge in [-0.3, -0.25) is 0 Å². The Hall–Kier alpha value is -1.03. The molecule has 2 unspecified atom stereocenters. The van der Waals surface area contributed by atoms with E-state index in [1.54, 1.807) is 12.1 Å². The van der Waals surface area contributed by atoms with E-state index in [1.165, 1.54) is 6.42 Å². The molecule has 1 N–H and O–H groups in total. The van der Waals surface area contributed by atoms with E-state index in [4.69, 9.17) is 0 Å². The van der Waals surface area contributed by atoms with Crippen molar-refractivity contribution in [2.45, 2.75) is 50.5 Å². The normalized spacial score (nSPS) is 23.5. The van der Waals surface area contributed by atoms with Crippen LogP contribution >= 0.6 is 0 Å². The van der Waals surface area contributed by atoms with Gasteiger partial charge >= 0.3 is 0 Å². The minimum atomic E-state index is -3.16. The number of hydrogen-bond acceptors (Lipinski definition) is 3. The van der Waals surface area contributed by atoms with Gasteiger partial charge in [0, 0.05) is 6.04 Å². The molecule has 0 amide bonds. The number of para-hydroxylation sites is 1. The quantitative estimate of drug-likeness (QED) is 0.899. The maximum atomic E-state index is 12.3. The Balaban J connectivity index is 2.21. The Labute approximate surface area is 116 Å². The molecular weight excluding hydrogens is 258 g/mol. The lowest BCUT2D eigenvalue weighted by molar-refractivity contribution is 0.594. The molecule has 106 valence electrons. The van der Waals surface area contributed by atoms with E-state index in [-0.39, 0.29) is 5.75 Å². The van der Waals surface area contributed by atoms with Crippen molar-refractivity contribution in [3.63, 3.8) is 0 Å². The van der Waals surface area contributed by atoms with E-state index in [0.717, 1.165) is 24.4 Å². The third-order valence-corrected chi connectivity index (χ3v) is 5.72. The van der Waals surface area contributed by atoms with E-state index in [0.29, 0.717) is 17.4 Å². The van der Waals surface area contributed by atoms with Crippen LogP contribution in [-0.2, 0) is 9.84 Å². The van der Waals surface area contributed by atoms with Crippen molar-refractivity contribution in [3.8, 4) is 0 Å². The predicted molar refractivity (Wildman–Crippen MR) is 79.2 cm³/mol. The smallest absolute Gasteiger partial charge is 0.180 e. The van der Waals surface area contributed by atoms with Crippen molar-refractivity contribution in [2.24, 2.45) is 5.92 Å². The minimum absolute atomic E-state index is 0.215. The zero-order valence-electron chi connectivity index (χ0n) is 11.7. The standard InChI is InChI=1S/C15H23NO2S/c1-3-10-19(17,18)15-7-5-4-6-14(15)16-13-9-8-12(2)11-13/h4-7,12-13,16H,3,8-11H2,1-2H3. The van der Waals surface area contributed by atoms with Crippen LogP contribution in [-0.4, -0.2) is 20.2 Å². The lowest BCUT2D eigenvalue weighted by Crippen LogP contribution is -2.18. The second-order valence-corrected chi connectivity index (χ2v) is 7.65. The molecule has 1 aromatic rings.